The van der Waals surface area contributed by atoms with Crippen LogP contribution in [0.3, 0.4) is 0 Å². The Labute approximate surface area is 202 Å². The molecule has 6 nitrogen and oxygen atoms in total. The van der Waals surface area contributed by atoms with Gasteiger partial charge in [0.25, 0.3) is 5.91 Å². The van der Waals surface area contributed by atoms with Gasteiger partial charge in [0, 0.05) is 12.8 Å². The van der Waals surface area contributed by atoms with E-state index in [9.17, 15) is 9.59 Å². The second-order valence-corrected chi connectivity index (χ2v) is 8.92. The van der Waals surface area contributed by atoms with Crippen LogP contribution in [-0.2, 0) is 9.53 Å². The molecule has 2 N–H and O–H groups in total. The molecule has 1 heterocycles. The average Bonchev–Trinajstić information content (AvgIpc) is 3.03. The molecule has 1 saturated heterocycles. The molecule has 1 fully saturated rings. The Morgan fingerprint density at radius 2 is 1.58 bits per heavy atom. The summed E-state index contributed by atoms with van der Waals surface area (Å²) in [5.41, 5.74) is 3.39. The van der Waals surface area contributed by atoms with Crippen LogP contribution >= 0.6 is 11.6 Å². The normalized spacial score (nSPS) is 14.9. The molecular weight excluding hydrogens is 440 g/mol. The van der Waals surface area contributed by atoms with Crippen molar-refractivity contribution >= 4 is 29.2 Å². The van der Waals surface area contributed by atoms with Crippen LogP contribution in [0.5, 0.6) is 0 Å². The summed E-state index contributed by atoms with van der Waals surface area (Å²) in [4.78, 5) is 25.4. The van der Waals surface area contributed by atoms with Crippen LogP contribution in [0.15, 0.2) is 42.5 Å². The summed E-state index contributed by atoms with van der Waals surface area (Å²) in [6.07, 6.45) is 4.51. The van der Waals surface area contributed by atoms with E-state index in [4.69, 9.17) is 21.4 Å². The highest BCUT2D eigenvalue weighted by Crippen LogP contribution is 2.22. The minimum Gasteiger partial charge on any atom is -0.456 e. The first-order valence-electron chi connectivity index (χ1n) is 11.5. The second kappa shape index (κ2) is 13.3. The number of likely N-dealkylation sites (tertiary alicyclic amines) is 1. The number of benzene rings is 2. The number of aliphatic hydroxyl groups is 1. The van der Waals surface area contributed by atoms with Gasteiger partial charge in [0.05, 0.1) is 23.7 Å². The fourth-order valence-corrected chi connectivity index (χ4v) is 4.57. The molecule has 0 saturated carbocycles. The Kier molecular flexibility index (Phi) is 10.8. The Hall–Kier alpha value is -2.41. The van der Waals surface area contributed by atoms with Crippen molar-refractivity contribution in [3.05, 3.63) is 64.2 Å². The highest BCUT2D eigenvalue weighted by molar-refractivity contribution is 6.33. The Bertz CT molecular complexity index is 904. The summed E-state index contributed by atoms with van der Waals surface area (Å²) in [7, 11) is 1.00. The summed E-state index contributed by atoms with van der Waals surface area (Å²) in [5, 5.41) is 10.5. The minimum atomic E-state index is -0.418. The van der Waals surface area contributed by atoms with E-state index in [2.05, 4.69) is 5.32 Å². The van der Waals surface area contributed by atoms with Crippen LogP contribution in [-0.4, -0.2) is 61.4 Å². The van der Waals surface area contributed by atoms with Gasteiger partial charge in [0.15, 0.2) is 6.54 Å². The third-order valence-electron chi connectivity index (χ3n) is 6.13. The smallest absolute Gasteiger partial charge is 0.339 e. The number of aliphatic hydroxyl groups excluding tert-OH is 1. The van der Waals surface area contributed by atoms with Crippen molar-refractivity contribution in [3.63, 3.8) is 0 Å². The number of aryl methyl sites for hydroxylation is 2. The number of esters is 1. The number of quaternary nitrogens is 1. The van der Waals surface area contributed by atoms with Crippen LogP contribution in [0.4, 0.5) is 5.69 Å². The van der Waals surface area contributed by atoms with Crippen molar-refractivity contribution in [1.29, 1.82) is 0 Å². The zero-order valence-electron chi connectivity index (χ0n) is 19.9. The molecule has 0 aliphatic carbocycles. The van der Waals surface area contributed by atoms with E-state index >= 15 is 0 Å². The molecule has 0 spiro atoms. The van der Waals surface area contributed by atoms with Crippen molar-refractivity contribution in [2.45, 2.75) is 39.5 Å². The Morgan fingerprint density at radius 1 is 0.970 bits per heavy atom. The van der Waals surface area contributed by atoms with Crippen LogP contribution in [0.25, 0.3) is 0 Å². The molecule has 2 aromatic rings. The maximum Gasteiger partial charge on any atom is 0.339 e. The first-order valence-corrected chi connectivity index (χ1v) is 11.9. The first-order chi connectivity index (χ1) is 15.9. The van der Waals surface area contributed by atoms with E-state index < -0.39 is 5.97 Å². The molecule has 0 radical (unpaired) electrons. The number of hydrogen-bond donors (Lipinski definition) is 2. The number of ether oxygens (including phenoxy) is 1. The number of halogens is 1. The lowest BCUT2D eigenvalue weighted by Gasteiger charge is -2.37. The van der Waals surface area contributed by atoms with E-state index in [-0.39, 0.29) is 12.5 Å². The summed E-state index contributed by atoms with van der Waals surface area (Å²) >= 11 is 6.11. The zero-order chi connectivity index (χ0) is 24.3. The summed E-state index contributed by atoms with van der Waals surface area (Å²) in [5.74, 6) is -0.407. The number of nitrogens with zero attached hydrogens (tertiary/aromatic N) is 1. The SMILES string of the molecule is CO.Cc1cccc(C)c1NC(=O)C[N+]1(CCOC(=O)c2ccccc2Cl)CCCCCC1. The van der Waals surface area contributed by atoms with Gasteiger partial charge in [-0.25, -0.2) is 4.79 Å². The molecule has 0 atom stereocenters. The van der Waals surface area contributed by atoms with Crippen molar-refractivity contribution < 1.29 is 23.9 Å². The predicted octanol–water partition coefficient (Wildman–Crippen LogP) is 4.75. The van der Waals surface area contributed by atoms with Gasteiger partial charge in [-0.15, -0.1) is 0 Å². The molecule has 7 heteroatoms. The Morgan fingerprint density at radius 3 is 2.18 bits per heavy atom. The Balaban J connectivity index is 0.00000187. The van der Waals surface area contributed by atoms with Crippen LogP contribution < -0.4 is 5.32 Å². The number of carbonyl (C=O) groups is 2. The summed E-state index contributed by atoms with van der Waals surface area (Å²) in [6.45, 7) is 7.13. The van der Waals surface area contributed by atoms with Gasteiger partial charge in [-0.3, -0.25) is 4.79 Å². The van der Waals surface area contributed by atoms with Crippen molar-refractivity contribution in [2.75, 3.05) is 45.2 Å². The van der Waals surface area contributed by atoms with Gasteiger partial charge in [-0.05, 0) is 62.8 Å². The number of hydrogen-bond acceptors (Lipinski definition) is 4. The number of amides is 1. The number of nitrogens with one attached hydrogen (secondary N) is 1. The van der Waals surface area contributed by atoms with Crippen molar-refractivity contribution in [1.82, 2.24) is 0 Å². The molecule has 0 bridgehead atoms. The van der Waals surface area contributed by atoms with E-state index in [1.807, 2.05) is 32.0 Å². The molecule has 1 amide bonds. The topological polar surface area (TPSA) is 75.6 Å². The molecule has 1 aliphatic heterocycles. The highest BCUT2D eigenvalue weighted by atomic mass is 35.5. The van der Waals surface area contributed by atoms with Gasteiger partial charge in [-0.2, -0.15) is 0 Å². The number of rotatable bonds is 7. The molecule has 0 aromatic heterocycles. The molecule has 1 aliphatic rings. The lowest BCUT2D eigenvalue weighted by molar-refractivity contribution is -0.920. The van der Waals surface area contributed by atoms with Gasteiger partial charge in [0.2, 0.25) is 0 Å². The highest BCUT2D eigenvalue weighted by Gasteiger charge is 2.32. The van der Waals surface area contributed by atoms with Gasteiger partial charge in [-0.1, -0.05) is 41.9 Å². The van der Waals surface area contributed by atoms with Crippen LogP contribution in [0.2, 0.25) is 5.02 Å². The van der Waals surface area contributed by atoms with E-state index in [1.165, 1.54) is 12.8 Å². The monoisotopic (exact) mass is 475 g/mol. The quantitative estimate of drug-likeness (QED) is 0.447. The molecular formula is C26H36ClN2O4+. The zero-order valence-corrected chi connectivity index (χ0v) is 20.7. The predicted molar refractivity (Wildman–Crippen MR) is 133 cm³/mol. The third kappa shape index (κ3) is 7.84. The fraction of sp³-hybridized carbons (Fsp3) is 0.462. The molecule has 33 heavy (non-hydrogen) atoms. The van der Waals surface area contributed by atoms with E-state index in [0.717, 1.165) is 49.9 Å². The standard InChI is InChI=1S/C25H31ClN2O3.CH4O/c1-19-10-9-11-20(2)24(19)27-23(29)18-28(14-7-3-4-8-15-28)16-17-31-25(30)21-12-5-6-13-22(21)26;1-2/h5-6,9-13H,3-4,7-8,14-18H2,1-2H3;2H,1H3/p+1. The average molecular weight is 476 g/mol. The van der Waals surface area contributed by atoms with Crippen molar-refractivity contribution in [2.24, 2.45) is 0 Å². The van der Waals surface area contributed by atoms with Crippen LogP contribution in [0, 0.1) is 13.8 Å². The molecule has 0 unspecified atom stereocenters. The molecule has 3 rings (SSSR count). The lowest BCUT2D eigenvalue weighted by atomic mass is 10.1. The first kappa shape index (κ1) is 26.8. The number of anilines is 1. The lowest BCUT2D eigenvalue weighted by Crippen LogP contribution is -2.54. The maximum absolute atomic E-state index is 13.0. The minimum absolute atomic E-state index is 0.0109. The number of para-hydroxylation sites is 1. The van der Waals surface area contributed by atoms with Crippen molar-refractivity contribution in [3.8, 4) is 0 Å². The summed E-state index contributed by atoms with van der Waals surface area (Å²) in [6, 6.07) is 12.9. The number of carbonyl (C=O) groups excluding carboxylic acids is 2. The maximum atomic E-state index is 13.0. The van der Waals surface area contributed by atoms with Gasteiger partial charge < -0.3 is 19.6 Å². The molecule has 180 valence electrons. The van der Waals surface area contributed by atoms with E-state index in [0.29, 0.717) is 28.2 Å². The fourth-order valence-electron chi connectivity index (χ4n) is 4.35. The molecule has 2 aromatic carbocycles. The van der Waals surface area contributed by atoms with Gasteiger partial charge >= 0.3 is 5.97 Å². The van der Waals surface area contributed by atoms with E-state index in [1.54, 1.807) is 24.3 Å². The largest absolute Gasteiger partial charge is 0.456 e. The summed E-state index contributed by atoms with van der Waals surface area (Å²) < 4.78 is 6.19. The third-order valence-corrected chi connectivity index (χ3v) is 6.46. The van der Waals surface area contributed by atoms with Crippen LogP contribution in [0.1, 0.15) is 47.2 Å². The van der Waals surface area contributed by atoms with Gasteiger partial charge in [0.1, 0.15) is 13.2 Å². The second-order valence-electron chi connectivity index (χ2n) is 8.52.